The van der Waals surface area contributed by atoms with E-state index in [1.165, 1.54) is 0 Å². The third kappa shape index (κ3) is 1.95. The Bertz CT molecular complexity index is 302. The molecule has 1 N–H and O–H groups in total. The molecule has 0 amide bonds. The van der Waals surface area contributed by atoms with Crippen molar-refractivity contribution in [2.75, 3.05) is 13.1 Å². The molecule has 0 saturated carbocycles. The first-order chi connectivity index (χ1) is 6.70. The molecule has 3 nitrogen and oxygen atoms in total. The average Bonchev–Trinajstić information content (AvgIpc) is 2.52. The summed E-state index contributed by atoms with van der Waals surface area (Å²) >= 11 is 0. The summed E-state index contributed by atoms with van der Waals surface area (Å²) in [4.78, 5) is 4.16. The third-order valence-corrected chi connectivity index (χ3v) is 2.90. The smallest absolute Gasteiger partial charge is 0.120 e. The van der Waals surface area contributed by atoms with E-state index >= 15 is 0 Å². The lowest BCUT2D eigenvalue weighted by atomic mass is 9.91. The quantitative estimate of drug-likeness (QED) is 0.768. The first-order valence-corrected chi connectivity index (χ1v) is 5.05. The number of piperidine rings is 1. The van der Waals surface area contributed by atoms with Crippen LogP contribution in [-0.2, 0) is 13.5 Å². The minimum absolute atomic E-state index is 0.443. The van der Waals surface area contributed by atoms with Crippen LogP contribution < -0.4 is 5.32 Å². The molecule has 1 aromatic heterocycles. The van der Waals surface area contributed by atoms with E-state index in [1.807, 2.05) is 17.8 Å². The highest BCUT2D eigenvalue weighted by atomic mass is 19.1. The molecule has 1 aliphatic rings. The molecule has 2 heterocycles. The molecular weight excluding hydrogens is 181 g/mol. The lowest BCUT2D eigenvalue weighted by Crippen LogP contribution is -2.40. The molecule has 0 bridgehead atoms. The van der Waals surface area contributed by atoms with E-state index in [-0.39, 0.29) is 0 Å². The van der Waals surface area contributed by atoms with Crippen LogP contribution in [-0.4, -0.2) is 28.3 Å². The third-order valence-electron chi connectivity index (χ3n) is 2.90. The second-order valence-electron chi connectivity index (χ2n) is 4.03. The molecule has 1 aromatic rings. The van der Waals surface area contributed by atoms with Crippen molar-refractivity contribution < 1.29 is 4.39 Å². The molecule has 1 saturated heterocycles. The Morgan fingerprint density at radius 1 is 1.57 bits per heavy atom. The molecular formula is C10H16FN3. The zero-order chi connectivity index (χ0) is 10.0. The van der Waals surface area contributed by atoms with Crippen molar-refractivity contribution in [2.45, 2.75) is 24.9 Å². The lowest BCUT2D eigenvalue weighted by Gasteiger charge is -2.29. The van der Waals surface area contributed by atoms with Crippen molar-refractivity contribution in [3.63, 3.8) is 0 Å². The number of nitrogens with one attached hydrogen (secondary N) is 1. The molecule has 0 unspecified atom stereocenters. The molecule has 0 aromatic carbocycles. The number of imidazole rings is 1. The SMILES string of the molecule is Cn1ccnc1CC1(F)CCNCC1. The van der Waals surface area contributed by atoms with Crippen molar-refractivity contribution in [1.82, 2.24) is 14.9 Å². The van der Waals surface area contributed by atoms with Crippen LogP contribution in [0.1, 0.15) is 18.7 Å². The second kappa shape index (κ2) is 3.69. The maximum absolute atomic E-state index is 14.2. The zero-order valence-electron chi connectivity index (χ0n) is 8.46. The molecule has 2 rings (SSSR count). The maximum Gasteiger partial charge on any atom is 0.120 e. The summed E-state index contributed by atoms with van der Waals surface area (Å²) in [5, 5.41) is 3.17. The van der Waals surface area contributed by atoms with Gasteiger partial charge in [0.1, 0.15) is 11.5 Å². The Hall–Kier alpha value is -0.900. The average molecular weight is 197 g/mol. The van der Waals surface area contributed by atoms with Crippen LogP contribution in [0.4, 0.5) is 4.39 Å². The predicted molar refractivity (Wildman–Crippen MR) is 52.9 cm³/mol. The summed E-state index contributed by atoms with van der Waals surface area (Å²) < 4.78 is 16.1. The van der Waals surface area contributed by atoms with Gasteiger partial charge in [0.15, 0.2) is 0 Å². The molecule has 4 heteroatoms. The van der Waals surface area contributed by atoms with Crippen molar-refractivity contribution in [3.05, 3.63) is 18.2 Å². The predicted octanol–water partition coefficient (Wildman–Crippen LogP) is 1.05. The first kappa shape index (κ1) is 9.65. The summed E-state index contributed by atoms with van der Waals surface area (Å²) in [7, 11) is 1.91. The number of hydrogen-bond acceptors (Lipinski definition) is 2. The highest BCUT2D eigenvalue weighted by Gasteiger charge is 2.32. The molecule has 0 atom stereocenters. The van der Waals surface area contributed by atoms with Crippen LogP contribution in [0.25, 0.3) is 0 Å². The topological polar surface area (TPSA) is 29.9 Å². The molecule has 78 valence electrons. The summed E-state index contributed by atoms with van der Waals surface area (Å²) in [5.74, 6) is 0.842. The van der Waals surface area contributed by atoms with Crippen LogP contribution >= 0.6 is 0 Å². The van der Waals surface area contributed by atoms with Crippen LogP contribution in [0.3, 0.4) is 0 Å². The van der Waals surface area contributed by atoms with E-state index < -0.39 is 5.67 Å². The number of nitrogens with zero attached hydrogens (tertiary/aromatic N) is 2. The molecule has 14 heavy (non-hydrogen) atoms. The summed E-state index contributed by atoms with van der Waals surface area (Å²) in [6.07, 6.45) is 5.22. The fraction of sp³-hybridized carbons (Fsp3) is 0.700. The van der Waals surface area contributed by atoms with Crippen molar-refractivity contribution >= 4 is 0 Å². The van der Waals surface area contributed by atoms with Crippen LogP contribution in [0, 0.1) is 0 Å². The fourth-order valence-electron chi connectivity index (χ4n) is 1.90. The van der Waals surface area contributed by atoms with Crippen LogP contribution in [0.5, 0.6) is 0 Å². The fourth-order valence-corrected chi connectivity index (χ4v) is 1.90. The first-order valence-electron chi connectivity index (χ1n) is 5.05. The van der Waals surface area contributed by atoms with Gasteiger partial charge in [-0.05, 0) is 25.9 Å². The van der Waals surface area contributed by atoms with Crippen molar-refractivity contribution in [2.24, 2.45) is 7.05 Å². The standard InChI is InChI=1S/C10H16FN3/c1-14-7-6-13-9(14)8-10(11)2-4-12-5-3-10/h6-7,12H,2-5,8H2,1H3. The molecule has 1 aliphatic heterocycles. The zero-order valence-corrected chi connectivity index (χ0v) is 8.46. The van der Waals surface area contributed by atoms with Gasteiger partial charge in [-0.2, -0.15) is 0 Å². The van der Waals surface area contributed by atoms with E-state index in [1.54, 1.807) is 6.20 Å². The monoisotopic (exact) mass is 197 g/mol. The van der Waals surface area contributed by atoms with Gasteiger partial charge in [0.25, 0.3) is 0 Å². The van der Waals surface area contributed by atoms with Gasteiger partial charge < -0.3 is 9.88 Å². The lowest BCUT2D eigenvalue weighted by molar-refractivity contribution is 0.113. The summed E-state index contributed by atoms with van der Waals surface area (Å²) in [5.41, 5.74) is -1.05. The van der Waals surface area contributed by atoms with Gasteiger partial charge in [-0.25, -0.2) is 9.37 Å². The second-order valence-corrected chi connectivity index (χ2v) is 4.03. The van der Waals surface area contributed by atoms with E-state index in [0.29, 0.717) is 19.3 Å². The van der Waals surface area contributed by atoms with E-state index in [0.717, 1.165) is 18.9 Å². The molecule has 1 fully saturated rings. The highest BCUT2D eigenvalue weighted by Crippen LogP contribution is 2.26. The Morgan fingerprint density at radius 3 is 2.86 bits per heavy atom. The van der Waals surface area contributed by atoms with Gasteiger partial charge in [-0.15, -0.1) is 0 Å². The summed E-state index contributed by atoms with van der Waals surface area (Å²) in [6, 6.07) is 0. The number of hydrogen-bond donors (Lipinski definition) is 1. The van der Waals surface area contributed by atoms with Crippen molar-refractivity contribution in [3.8, 4) is 0 Å². The van der Waals surface area contributed by atoms with Crippen LogP contribution in [0.15, 0.2) is 12.4 Å². The molecule has 0 spiro atoms. The largest absolute Gasteiger partial charge is 0.338 e. The number of alkyl halides is 1. The maximum atomic E-state index is 14.2. The van der Waals surface area contributed by atoms with Gasteiger partial charge in [-0.3, -0.25) is 0 Å². The Kier molecular flexibility index (Phi) is 2.54. The number of halogens is 1. The normalized spacial score (nSPS) is 21.0. The Balaban J connectivity index is 2.05. The van der Waals surface area contributed by atoms with E-state index in [4.69, 9.17) is 0 Å². The van der Waals surface area contributed by atoms with Gasteiger partial charge in [-0.1, -0.05) is 0 Å². The van der Waals surface area contributed by atoms with E-state index in [2.05, 4.69) is 10.3 Å². The summed E-state index contributed by atoms with van der Waals surface area (Å²) in [6.45, 7) is 1.56. The van der Waals surface area contributed by atoms with Crippen LogP contribution in [0.2, 0.25) is 0 Å². The Labute approximate surface area is 83.3 Å². The van der Waals surface area contributed by atoms with Crippen molar-refractivity contribution in [1.29, 1.82) is 0 Å². The highest BCUT2D eigenvalue weighted by molar-refractivity contribution is 4.99. The molecule has 0 aliphatic carbocycles. The minimum Gasteiger partial charge on any atom is -0.338 e. The van der Waals surface area contributed by atoms with E-state index in [9.17, 15) is 4.39 Å². The van der Waals surface area contributed by atoms with Gasteiger partial charge in [0.2, 0.25) is 0 Å². The Morgan fingerprint density at radius 2 is 2.29 bits per heavy atom. The minimum atomic E-state index is -1.05. The van der Waals surface area contributed by atoms with Gasteiger partial charge in [0.05, 0.1) is 0 Å². The van der Waals surface area contributed by atoms with Gasteiger partial charge >= 0.3 is 0 Å². The number of aryl methyl sites for hydroxylation is 1. The number of rotatable bonds is 2. The number of aromatic nitrogens is 2. The van der Waals surface area contributed by atoms with Gasteiger partial charge in [0, 0.05) is 25.9 Å². The molecule has 0 radical (unpaired) electrons.